The van der Waals surface area contributed by atoms with Crippen molar-refractivity contribution < 1.29 is 39.9 Å². The van der Waals surface area contributed by atoms with E-state index >= 15 is 0 Å². The number of alkyl carbamates (subject to hydrolysis) is 1. The van der Waals surface area contributed by atoms with E-state index in [9.17, 15) is 32.5 Å². The van der Waals surface area contributed by atoms with Crippen molar-refractivity contribution in [3.8, 4) is 0 Å². The summed E-state index contributed by atoms with van der Waals surface area (Å²) in [5, 5.41) is 17.5. The lowest BCUT2D eigenvalue weighted by Gasteiger charge is -2.35. The van der Waals surface area contributed by atoms with E-state index < -0.39 is 58.0 Å². The van der Waals surface area contributed by atoms with Crippen LogP contribution in [0.2, 0.25) is 0 Å². The van der Waals surface area contributed by atoms with Gasteiger partial charge in [-0.1, -0.05) is 26.0 Å². The summed E-state index contributed by atoms with van der Waals surface area (Å²) in [6.45, 7) is 1.67. The van der Waals surface area contributed by atoms with Crippen molar-refractivity contribution in [2.24, 2.45) is 29.6 Å². The van der Waals surface area contributed by atoms with Gasteiger partial charge in [-0.05, 0) is 68.6 Å². The lowest BCUT2D eigenvalue weighted by atomic mass is 9.71. The van der Waals surface area contributed by atoms with Crippen molar-refractivity contribution in [3.63, 3.8) is 0 Å². The van der Waals surface area contributed by atoms with Crippen LogP contribution in [0.15, 0.2) is 12.2 Å². The van der Waals surface area contributed by atoms with E-state index in [0.29, 0.717) is 31.7 Å². The molecule has 11 nitrogen and oxygen atoms in total. The van der Waals surface area contributed by atoms with Crippen LogP contribution in [-0.2, 0) is 24.4 Å². The molecule has 1 saturated heterocycles. The van der Waals surface area contributed by atoms with E-state index in [-0.39, 0.29) is 30.6 Å². The molecule has 2 bridgehead atoms. The number of hydrogen-bond donors (Lipinski definition) is 5. The molecule has 7 atom stereocenters. The molecule has 1 unspecified atom stereocenters. The summed E-state index contributed by atoms with van der Waals surface area (Å²) in [7, 11) is -4.98. The van der Waals surface area contributed by atoms with Crippen LogP contribution in [0.4, 0.5) is 4.79 Å². The summed E-state index contributed by atoms with van der Waals surface area (Å²) in [6, 6.07) is -2.78. The van der Waals surface area contributed by atoms with Gasteiger partial charge in [0.25, 0.3) is 10.1 Å². The average Bonchev–Trinajstić information content (AvgIpc) is 3.20. The number of rotatable bonds is 11. The predicted octanol–water partition coefficient (Wildman–Crippen LogP) is 1.34. The largest absolute Gasteiger partial charge is 0.449 e. The molecule has 0 aromatic carbocycles. The number of amides is 3. The number of nitrogens with one attached hydrogen (secondary N) is 3. The number of allylic oxidation sites excluding steroid dienone is 2. The first kappa shape index (κ1) is 25.5. The highest BCUT2D eigenvalue weighted by Crippen LogP contribution is 2.39. The quantitative estimate of drug-likeness (QED) is 0.196. The maximum absolute atomic E-state index is 13.1. The lowest BCUT2D eigenvalue weighted by Crippen LogP contribution is -2.55. The van der Waals surface area contributed by atoms with Gasteiger partial charge in [0.2, 0.25) is 17.3 Å². The summed E-state index contributed by atoms with van der Waals surface area (Å²) >= 11 is 0. The van der Waals surface area contributed by atoms with Gasteiger partial charge in [-0.2, -0.15) is 8.42 Å². The van der Waals surface area contributed by atoms with Gasteiger partial charge < -0.3 is 25.8 Å². The molecule has 12 heteroatoms. The maximum Gasteiger partial charge on any atom is 0.407 e. The van der Waals surface area contributed by atoms with Crippen LogP contribution in [0.1, 0.15) is 61.5 Å². The van der Waals surface area contributed by atoms with E-state index in [1.54, 1.807) is 13.8 Å². The Kier molecular flexibility index (Phi) is 8.75. The first-order chi connectivity index (χ1) is 17.7. The number of fused-ring (bicyclic) bond motifs is 2. The number of carbonyl (C=O) groups is 3. The van der Waals surface area contributed by atoms with E-state index in [4.69, 9.17) is 7.48 Å². The average molecular weight is 532 g/mol. The molecular formula is C24H39N3O8S. The van der Waals surface area contributed by atoms with Gasteiger partial charge in [-0.3, -0.25) is 14.1 Å². The third-order valence-electron chi connectivity index (χ3n) is 7.03. The zero-order valence-electron chi connectivity index (χ0n) is 22.7. The molecule has 0 aromatic heterocycles. The van der Waals surface area contributed by atoms with Crippen LogP contribution in [0.5, 0.6) is 0 Å². The van der Waals surface area contributed by atoms with Gasteiger partial charge >= 0.3 is 6.09 Å². The molecule has 3 aliphatic rings. The number of aliphatic hydroxyl groups excluding tert-OH is 1. The fourth-order valence-corrected chi connectivity index (χ4v) is 5.91. The molecule has 5 N–H and O–H groups in total. The number of hydrogen-bond acceptors (Lipinski definition) is 7. The molecule has 1 heterocycles. The zero-order valence-corrected chi connectivity index (χ0v) is 21.5. The van der Waals surface area contributed by atoms with Gasteiger partial charge in [0.1, 0.15) is 6.04 Å². The standard InChI is InChI=1S/C24H39N3O8S/c1-14(2)8-19(27-24(31)35-13-17-10-15-4-3-5-16(9-15)11-17)22(29)26-20(23(30)36(32,33)34)12-18-6-7-25-21(18)28/h3-4,14-20,23,30H,5-13H2,1-2H3,(H,25,28)(H,26,29)(H,27,31)(H,32,33,34)/t15-,16+,17-,18+,19+,20+,23?/m1/s1/i13D2. The Hall–Kier alpha value is -2.18. The van der Waals surface area contributed by atoms with Crippen molar-refractivity contribution in [1.82, 2.24) is 16.0 Å². The molecule has 3 rings (SSSR count). The van der Waals surface area contributed by atoms with Crippen LogP contribution in [0.25, 0.3) is 0 Å². The Labute approximate surface area is 215 Å². The lowest BCUT2D eigenvalue weighted by molar-refractivity contribution is -0.126. The SMILES string of the molecule is [2H]C([2H])(OC(=O)N[C@@H](CC(C)C)C(=O)N[C@@H](C[C@@H]1CCNC1=O)C(O)S(=O)(=O)O)[C@@H]1C[C@@H]2C=CC[C@@H](C2)C1. The highest BCUT2D eigenvalue weighted by atomic mass is 32.2. The van der Waals surface area contributed by atoms with Crippen LogP contribution in [-0.4, -0.2) is 66.6 Å². The van der Waals surface area contributed by atoms with Crippen molar-refractivity contribution in [2.75, 3.05) is 13.1 Å². The Morgan fingerprint density at radius 2 is 2.03 bits per heavy atom. The van der Waals surface area contributed by atoms with Crippen LogP contribution in [0.3, 0.4) is 0 Å². The Bertz CT molecular complexity index is 1020. The van der Waals surface area contributed by atoms with Crippen molar-refractivity contribution in [2.45, 2.75) is 76.3 Å². The fourth-order valence-electron chi connectivity index (χ4n) is 5.32. The summed E-state index contributed by atoms with van der Waals surface area (Å²) in [5.74, 6) is -1.95. The third kappa shape index (κ3) is 8.17. The van der Waals surface area contributed by atoms with Gasteiger partial charge in [-0.25, -0.2) is 4.79 Å². The van der Waals surface area contributed by atoms with Gasteiger partial charge in [0.05, 0.1) is 15.3 Å². The minimum atomic E-state index is -4.98. The molecule has 204 valence electrons. The number of ether oxygens (including phenoxy) is 1. The fraction of sp³-hybridized carbons (Fsp3) is 0.792. The highest BCUT2D eigenvalue weighted by molar-refractivity contribution is 7.86. The first-order valence-electron chi connectivity index (χ1n) is 13.5. The molecular weight excluding hydrogens is 490 g/mol. The molecule has 1 saturated carbocycles. The van der Waals surface area contributed by atoms with E-state index in [2.05, 4.69) is 28.1 Å². The molecule has 36 heavy (non-hydrogen) atoms. The first-order valence-corrected chi connectivity index (χ1v) is 14.0. The molecule has 0 aromatic rings. The summed E-state index contributed by atoms with van der Waals surface area (Å²) in [4.78, 5) is 37.9. The molecule has 1 aliphatic heterocycles. The second-order valence-electron chi connectivity index (χ2n) is 10.6. The molecule has 2 fully saturated rings. The van der Waals surface area contributed by atoms with Gasteiger partial charge in [0.15, 0.2) is 0 Å². The molecule has 3 amide bonds. The minimum absolute atomic E-state index is 0.0981. The Morgan fingerprint density at radius 1 is 1.28 bits per heavy atom. The van der Waals surface area contributed by atoms with Crippen molar-refractivity contribution in [3.05, 3.63) is 12.2 Å². The van der Waals surface area contributed by atoms with E-state index in [1.807, 2.05) is 0 Å². The number of carbonyl (C=O) groups excluding carboxylic acids is 3. The second kappa shape index (κ2) is 12.4. The van der Waals surface area contributed by atoms with Crippen LogP contribution in [0, 0.1) is 29.6 Å². The Balaban J connectivity index is 1.68. The second-order valence-corrected chi connectivity index (χ2v) is 12.1. The summed E-state index contributed by atoms with van der Waals surface area (Å²) in [5.41, 5.74) is -2.39. The topological polar surface area (TPSA) is 171 Å². The smallest absolute Gasteiger partial charge is 0.407 e. The van der Waals surface area contributed by atoms with Crippen molar-refractivity contribution >= 4 is 28.0 Å². The van der Waals surface area contributed by atoms with E-state index in [0.717, 1.165) is 12.8 Å². The minimum Gasteiger partial charge on any atom is -0.449 e. The molecule has 0 radical (unpaired) electrons. The normalized spacial score (nSPS) is 29.4. The number of aliphatic hydroxyl groups is 1. The Morgan fingerprint density at radius 3 is 2.64 bits per heavy atom. The maximum atomic E-state index is 13.1. The molecule has 2 aliphatic carbocycles. The van der Waals surface area contributed by atoms with Gasteiger partial charge in [-0.15, -0.1) is 0 Å². The third-order valence-corrected chi connectivity index (χ3v) is 7.97. The van der Waals surface area contributed by atoms with Gasteiger partial charge in [0, 0.05) is 12.5 Å². The highest BCUT2D eigenvalue weighted by Gasteiger charge is 2.38. The van der Waals surface area contributed by atoms with Crippen LogP contribution < -0.4 is 16.0 Å². The molecule has 0 spiro atoms. The zero-order chi connectivity index (χ0) is 28.3. The van der Waals surface area contributed by atoms with Crippen molar-refractivity contribution in [1.29, 1.82) is 0 Å². The summed E-state index contributed by atoms with van der Waals surface area (Å²) in [6.07, 6.45) is 6.25. The van der Waals surface area contributed by atoms with Crippen LogP contribution >= 0.6 is 0 Å². The predicted molar refractivity (Wildman–Crippen MR) is 131 cm³/mol. The monoisotopic (exact) mass is 531 g/mol. The summed E-state index contributed by atoms with van der Waals surface area (Å²) < 4.78 is 54.6. The van der Waals surface area contributed by atoms with E-state index in [1.165, 1.54) is 0 Å².